The highest BCUT2D eigenvalue weighted by molar-refractivity contribution is 9.10. The predicted molar refractivity (Wildman–Crippen MR) is 77.2 cm³/mol. The van der Waals surface area contributed by atoms with Gasteiger partial charge in [-0.2, -0.15) is 0 Å². The lowest BCUT2D eigenvalue weighted by Crippen LogP contribution is -2.33. The number of likely N-dealkylation sites (tertiary alicyclic amines) is 1. The minimum absolute atomic E-state index is 0.0661. The molecule has 0 radical (unpaired) electrons. The molecule has 0 spiro atoms. The first-order valence-corrected chi connectivity index (χ1v) is 7.29. The fraction of sp³-hybridized carbons (Fsp3) is 0.462. The molecule has 0 aromatic heterocycles. The van der Waals surface area contributed by atoms with Crippen molar-refractivity contribution < 1.29 is 4.79 Å². The molecule has 18 heavy (non-hydrogen) atoms. The van der Waals surface area contributed by atoms with E-state index in [1.54, 1.807) is 18.2 Å². The largest absolute Gasteiger partial charge is 0.351 e. The summed E-state index contributed by atoms with van der Waals surface area (Å²) in [5, 5.41) is 3.48. The Morgan fingerprint density at radius 1 is 1.39 bits per heavy atom. The smallest absolute Gasteiger partial charge is 0.251 e. The van der Waals surface area contributed by atoms with Crippen LogP contribution in [0.25, 0.3) is 0 Å². The lowest BCUT2D eigenvalue weighted by molar-refractivity contribution is 0.0950. The molecular formula is C13H16BrClN2O. The molecule has 1 N–H and O–H groups in total. The predicted octanol–water partition coefficient (Wildman–Crippen LogP) is 2.93. The zero-order chi connectivity index (χ0) is 13.0. The molecule has 0 bridgehead atoms. The number of benzene rings is 1. The van der Waals surface area contributed by atoms with Crippen LogP contribution in [-0.4, -0.2) is 37.0 Å². The molecular weight excluding hydrogens is 316 g/mol. The van der Waals surface area contributed by atoms with Crippen LogP contribution in [0, 0.1) is 0 Å². The summed E-state index contributed by atoms with van der Waals surface area (Å²) in [6, 6.07) is 5.23. The van der Waals surface area contributed by atoms with E-state index in [-0.39, 0.29) is 5.91 Å². The monoisotopic (exact) mass is 330 g/mol. The average Bonchev–Trinajstić information content (AvgIpc) is 2.85. The van der Waals surface area contributed by atoms with E-state index in [0.29, 0.717) is 17.1 Å². The molecule has 1 heterocycles. The Morgan fingerprint density at radius 2 is 2.11 bits per heavy atom. The van der Waals surface area contributed by atoms with Gasteiger partial charge in [-0.25, -0.2) is 0 Å². The zero-order valence-electron chi connectivity index (χ0n) is 10.1. The van der Waals surface area contributed by atoms with Gasteiger partial charge in [-0.05, 0) is 60.1 Å². The van der Waals surface area contributed by atoms with Crippen LogP contribution in [0.5, 0.6) is 0 Å². The van der Waals surface area contributed by atoms with Crippen LogP contribution in [0.3, 0.4) is 0 Å². The first-order chi connectivity index (χ1) is 8.66. The molecule has 98 valence electrons. The van der Waals surface area contributed by atoms with Crippen LogP contribution in [0.1, 0.15) is 23.2 Å². The second-order valence-corrected chi connectivity index (χ2v) is 5.70. The summed E-state index contributed by atoms with van der Waals surface area (Å²) >= 11 is 9.27. The van der Waals surface area contributed by atoms with Gasteiger partial charge in [-0.3, -0.25) is 4.79 Å². The summed E-state index contributed by atoms with van der Waals surface area (Å²) in [5.74, 6) is -0.0661. The van der Waals surface area contributed by atoms with Crippen molar-refractivity contribution in [1.82, 2.24) is 10.2 Å². The maximum atomic E-state index is 11.9. The maximum absolute atomic E-state index is 11.9. The quantitative estimate of drug-likeness (QED) is 0.920. The second-order valence-electron chi connectivity index (χ2n) is 4.43. The summed E-state index contributed by atoms with van der Waals surface area (Å²) in [5.41, 5.74) is 0.602. The Balaban J connectivity index is 1.81. The Labute approximate surface area is 121 Å². The van der Waals surface area contributed by atoms with Gasteiger partial charge in [-0.1, -0.05) is 11.6 Å². The topological polar surface area (TPSA) is 32.3 Å². The molecule has 0 aliphatic carbocycles. The fourth-order valence-electron chi connectivity index (χ4n) is 2.07. The van der Waals surface area contributed by atoms with E-state index in [4.69, 9.17) is 11.6 Å². The molecule has 1 amide bonds. The van der Waals surface area contributed by atoms with E-state index in [2.05, 4.69) is 26.1 Å². The Hall–Kier alpha value is -0.580. The molecule has 1 fully saturated rings. The van der Waals surface area contributed by atoms with Crippen LogP contribution < -0.4 is 5.32 Å². The first kappa shape index (κ1) is 13.8. The van der Waals surface area contributed by atoms with Gasteiger partial charge in [0.15, 0.2) is 0 Å². The second kappa shape index (κ2) is 6.55. The Morgan fingerprint density at radius 3 is 2.78 bits per heavy atom. The molecule has 1 aromatic rings. The third-order valence-corrected chi connectivity index (χ3v) is 4.33. The number of nitrogens with one attached hydrogen (secondary N) is 1. The molecule has 0 unspecified atom stereocenters. The average molecular weight is 332 g/mol. The lowest BCUT2D eigenvalue weighted by atomic mass is 10.2. The van der Waals surface area contributed by atoms with E-state index < -0.39 is 0 Å². The number of carbonyl (C=O) groups excluding carboxylic acids is 1. The van der Waals surface area contributed by atoms with Crippen molar-refractivity contribution in [2.75, 3.05) is 26.2 Å². The summed E-state index contributed by atoms with van der Waals surface area (Å²) in [6.45, 7) is 3.92. The summed E-state index contributed by atoms with van der Waals surface area (Å²) in [6.07, 6.45) is 2.55. The van der Waals surface area contributed by atoms with Gasteiger partial charge in [0.25, 0.3) is 5.91 Å². The normalized spacial score (nSPS) is 15.9. The standard InChI is InChI=1S/C13H16BrClN2O/c14-11-4-3-10(9-12(11)15)13(18)16-5-8-17-6-1-2-7-17/h3-4,9H,1-2,5-8H2,(H,16,18). The van der Waals surface area contributed by atoms with E-state index in [0.717, 1.165) is 24.1 Å². The molecule has 1 aliphatic heterocycles. The molecule has 1 aliphatic rings. The summed E-state index contributed by atoms with van der Waals surface area (Å²) in [4.78, 5) is 14.2. The van der Waals surface area contributed by atoms with Crippen LogP contribution in [0.15, 0.2) is 22.7 Å². The molecule has 0 saturated carbocycles. The molecule has 5 heteroatoms. The van der Waals surface area contributed by atoms with E-state index in [1.807, 2.05) is 0 Å². The van der Waals surface area contributed by atoms with Gasteiger partial charge in [0, 0.05) is 23.1 Å². The van der Waals surface area contributed by atoms with Crippen molar-refractivity contribution in [2.24, 2.45) is 0 Å². The van der Waals surface area contributed by atoms with Gasteiger partial charge in [0.05, 0.1) is 5.02 Å². The molecule has 3 nitrogen and oxygen atoms in total. The number of hydrogen-bond acceptors (Lipinski definition) is 2. The van der Waals surface area contributed by atoms with Crippen LogP contribution in [0.2, 0.25) is 5.02 Å². The van der Waals surface area contributed by atoms with E-state index >= 15 is 0 Å². The third kappa shape index (κ3) is 3.70. The number of rotatable bonds is 4. The number of amides is 1. The lowest BCUT2D eigenvalue weighted by Gasteiger charge is -2.14. The minimum Gasteiger partial charge on any atom is -0.351 e. The van der Waals surface area contributed by atoms with Crippen molar-refractivity contribution >= 4 is 33.4 Å². The van der Waals surface area contributed by atoms with Crippen molar-refractivity contribution in [3.8, 4) is 0 Å². The van der Waals surface area contributed by atoms with Crippen molar-refractivity contribution in [2.45, 2.75) is 12.8 Å². The Bertz CT molecular complexity index is 433. The van der Waals surface area contributed by atoms with Crippen LogP contribution >= 0.6 is 27.5 Å². The zero-order valence-corrected chi connectivity index (χ0v) is 12.4. The van der Waals surface area contributed by atoms with E-state index in [9.17, 15) is 4.79 Å². The van der Waals surface area contributed by atoms with Crippen molar-refractivity contribution in [1.29, 1.82) is 0 Å². The number of halogens is 2. The van der Waals surface area contributed by atoms with Gasteiger partial charge in [0.2, 0.25) is 0 Å². The van der Waals surface area contributed by atoms with Gasteiger partial charge in [0.1, 0.15) is 0 Å². The van der Waals surface area contributed by atoms with Crippen molar-refractivity contribution in [3.63, 3.8) is 0 Å². The highest BCUT2D eigenvalue weighted by Crippen LogP contribution is 2.23. The maximum Gasteiger partial charge on any atom is 0.251 e. The minimum atomic E-state index is -0.0661. The molecule has 1 aromatic carbocycles. The van der Waals surface area contributed by atoms with Crippen molar-refractivity contribution in [3.05, 3.63) is 33.3 Å². The van der Waals surface area contributed by atoms with Gasteiger partial charge in [-0.15, -0.1) is 0 Å². The highest BCUT2D eigenvalue weighted by atomic mass is 79.9. The van der Waals surface area contributed by atoms with Crippen LogP contribution in [0.4, 0.5) is 0 Å². The number of nitrogens with zero attached hydrogens (tertiary/aromatic N) is 1. The van der Waals surface area contributed by atoms with Gasteiger partial charge < -0.3 is 10.2 Å². The fourth-order valence-corrected chi connectivity index (χ4v) is 2.50. The highest BCUT2D eigenvalue weighted by Gasteiger charge is 2.12. The third-order valence-electron chi connectivity index (χ3n) is 3.09. The van der Waals surface area contributed by atoms with Crippen LogP contribution in [-0.2, 0) is 0 Å². The number of carbonyl (C=O) groups is 1. The van der Waals surface area contributed by atoms with Gasteiger partial charge >= 0.3 is 0 Å². The number of hydrogen-bond donors (Lipinski definition) is 1. The molecule has 2 rings (SSSR count). The Kier molecular flexibility index (Phi) is 5.03. The SMILES string of the molecule is O=C(NCCN1CCCC1)c1ccc(Br)c(Cl)c1. The summed E-state index contributed by atoms with van der Waals surface area (Å²) in [7, 11) is 0. The van der Waals surface area contributed by atoms with E-state index in [1.165, 1.54) is 12.8 Å². The first-order valence-electron chi connectivity index (χ1n) is 6.12. The summed E-state index contributed by atoms with van der Waals surface area (Å²) < 4.78 is 0.804. The molecule has 0 atom stereocenters. The molecule has 1 saturated heterocycles.